The third-order valence-corrected chi connectivity index (χ3v) is 3.67. The van der Waals surface area contributed by atoms with Crippen LogP contribution in [0.3, 0.4) is 0 Å². The third-order valence-electron chi connectivity index (χ3n) is 3.67. The van der Waals surface area contributed by atoms with Crippen LogP contribution < -0.4 is 11.1 Å². The van der Waals surface area contributed by atoms with Crippen molar-refractivity contribution in [2.75, 3.05) is 6.54 Å². The van der Waals surface area contributed by atoms with E-state index in [-0.39, 0.29) is 30.6 Å². The zero-order valence-electron chi connectivity index (χ0n) is 11.9. The summed E-state index contributed by atoms with van der Waals surface area (Å²) in [7, 11) is 0. The number of hydrogen-bond acceptors (Lipinski definition) is 5. The number of aromatic nitrogens is 2. The molecule has 1 aromatic carbocycles. The first-order valence-electron chi connectivity index (χ1n) is 6.86. The number of nitrogens with zero attached hydrogens (tertiary/aromatic N) is 3. The molecule has 1 aromatic heterocycles. The molecule has 0 bridgehead atoms. The maximum absolute atomic E-state index is 11.9. The number of benzene rings is 1. The second-order valence-electron chi connectivity index (χ2n) is 5.18. The van der Waals surface area contributed by atoms with Gasteiger partial charge < -0.3 is 15.6 Å². The van der Waals surface area contributed by atoms with Crippen molar-refractivity contribution in [3.63, 3.8) is 0 Å². The van der Waals surface area contributed by atoms with Gasteiger partial charge in [-0.05, 0) is 12.1 Å². The molecule has 118 valence electrons. The van der Waals surface area contributed by atoms with Gasteiger partial charge in [0.1, 0.15) is 11.5 Å². The zero-order valence-corrected chi connectivity index (χ0v) is 11.9. The summed E-state index contributed by atoms with van der Waals surface area (Å²) in [5.41, 5.74) is 6.18. The van der Waals surface area contributed by atoms with Crippen LogP contribution in [0.4, 0.5) is 5.69 Å². The van der Waals surface area contributed by atoms with Gasteiger partial charge in [0, 0.05) is 30.7 Å². The number of nitrogens with one attached hydrogen (secondary N) is 1. The monoisotopic (exact) mass is 315 g/mol. The highest BCUT2D eigenvalue weighted by molar-refractivity contribution is 5.94. The van der Waals surface area contributed by atoms with Gasteiger partial charge in [0.2, 0.25) is 5.91 Å². The summed E-state index contributed by atoms with van der Waals surface area (Å²) >= 11 is 0. The Kier molecular flexibility index (Phi) is 3.53. The molecule has 3 rings (SSSR count). The van der Waals surface area contributed by atoms with E-state index in [4.69, 9.17) is 5.73 Å². The van der Waals surface area contributed by atoms with Crippen molar-refractivity contribution in [2.24, 2.45) is 5.73 Å². The van der Waals surface area contributed by atoms with Crippen molar-refractivity contribution in [1.29, 1.82) is 0 Å². The molecule has 0 saturated carbocycles. The van der Waals surface area contributed by atoms with Gasteiger partial charge in [0.15, 0.2) is 0 Å². The van der Waals surface area contributed by atoms with Gasteiger partial charge in [0.05, 0.1) is 17.2 Å². The summed E-state index contributed by atoms with van der Waals surface area (Å²) in [4.78, 5) is 37.6. The topological polar surface area (TPSA) is 133 Å². The third kappa shape index (κ3) is 2.63. The molecular weight excluding hydrogens is 302 g/mol. The molecule has 1 unspecified atom stereocenters. The Morgan fingerprint density at radius 3 is 2.74 bits per heavy atom. The van der Waals surface area contributed by atoms with Gasteiger partial charge >= 0.3 is 0 Å². The predicted molar refractivity (Wildman–Crippen MR) is 79.5 cm³/mol. The Balaban J connectivity index is 2.05. The van der Waals surface area contributed by atoms with E-state index in [1.807, 2.05) is 0 Å². The Morgan fingerprint density at radius 2 is 2.13 bits per heavy atom. The van der Waals surface area contributed by atoms with Crippen LogP contribution in [0.1, 0.15) is 23.0 Å². The van der Waals surface area contributed by atoms with Crippen LogP contribution in [0.25, 0.3) is 11.4 Å². The van der Waals surface area contributed by atoms with Crippen molar-refractivity contribution in [3.8, 4) is 11.4 Å². The van der Waals surface area contributed by atoms with Gasteiger partial charge in [-0.3, -0.25) is 19.7 Å². The number of rotatable bonds is 4. The minimum Gasteiger partial charge on any atom is -0.370 e. The lowest BCUT2D eigenvalue weighted by Gasteiger charge is -2.26. The molecule has 2 heterocycles. The van der Waals surface area contributed by atoms with Crippen LogP contribution in [0.2, 0.25) is 0 Å². The molecule has 2 amide bonds. The standard InChI is InChI=1S/C14H13N5O4/c15-12(20)5-10-6-17-14(21)11-7-16-13(18(10)11)8-1-3-9(4-2-8)19(22)23/h1-4,7,10H,5-6H2,(H2,15,20)(H,17,21). The summed E-state index contributed by atoms with van der Waals surface area (Å²) in [6.45, 7) is 0.269. The molecule has 0 aliphatic carbocycles. The highest BCUT2D eigenvalue weighted by Gasteiger charge is 2.29. The number of nitro benzene ring substituents is 1. The minimum atomic E-state index is -0.492. The largest absolute Gasteiger partial charge is 0.370 e. The second kappa shape index (κ2) is 5.52. The van der Waals surface area contributed by atoms with Crippen molar-refractivity contribution in [3.05, 3.63) is 46.3 Å². The molecule has 1 aliphatic rings. The Bertz CT molecular complexity index is 796. The van der Waals surface area contributed by atoms with Crippen molar-refractivity contribution in [2.45, 2.75) is 12.5 Å². The summed E-state index contributed by atoms with van der Waals surface area (Å²) in [5.74, 6) is -0.303. The number of carbonyl (C=O) groups excluding carboxylic acids is 2. The first-order chi connectivity index (χ1) is 11.0. The van der Waals surface area contributed by atoms with E-state index in [0.29, 0.717) is 17.1 Å². The number of imidazole rings is 1. The van der Waals surface area contributed by atoms with E-state index < -0.39 is 10.8 Å². The van der Waals surface area contributed by atoms with Crippen LogP contribution in [0.5, 0.6) is 0 Å². The summed E-state index contributed by atoms with van der Waals surface area (Å²) in [5, 5.41) is 13.4. The zero-order chi connectivity index (χ0) is 16.6. The molecule has 3 N–H and O–H groups in total. The van der Waals surface area contributed by atoms with E-state index in [2.05, 4.69) is 10.3 Å². The summed E-state index contributed by atoms with van der Waals surface area (Å²) in [6, 6.07) is 5.50. The van der Waals surface area contributed by atoms with Crippen molar-refractivity contribution < 1.29 is 14.5 Å². The number of nitro groups is 1. The lowest BCUT2D eigenvalue weighted by Crippen LogP contribution is -2.40. The molecule has 0 saturated heterocycles. The lowest BCUT2D eigenvalue weighted by atomic mass is 10.1. The Labute approximate surface area is 130 Å². The van der Waals surface area contributed by atoms with Crippen LogP contribution in [-0.4, -0.2) is 32.8 Å². The van der Waals surface area contributed by atoms with Gasteiger partial charge in [-0.1, -0.05) is 0 Å². The second-order valence-corrected chi connectivity index (χ2v) is 5.18. The average Bonchev–Trinajstić information content (AvgIpc) is 2.96. The van der Waals surface area contributed by atoms with E-state index in [9.17, 15) is 19.7 Å². The van der Waals surface area contributed by atoms with E-state index in [1.54, 1.807) is 16.7 Å². The van der Waals surface area contributed by atoms with Gasteiger partial charge in [-0.15, -0.1) is 0 Å². The van der Waals surface area contributed by atoms with Crippen LogP contribution >= 0.6 is 0 Å². The first kappa shape index (κ1) is 14.7. The number of hydrogen-bond donors (Lipinski definition) is 2. The maximum atomic E-state index is 11.9. The maximum Gasteiger partial charge on any atom is 0.269 e. The molecule has 1 atom stereocenters. The Morgan fingerprint density at radius 1 is 1.43 bits per heavy atom. The molecule has 0 radical (unpaired) electrons. The van der Waals surface area contributed by atoms with E-state index in [1.165, 1.54) is 18.3 Å². The molecule has 0 fully saturated rings. The lowest BCUT2D eigenvalue weighted by molar-refractivity contribution is -0.384. The first-order valence-corrected chi connectivity index (χ1v) is 6.86. The quantitative estimate of drug-likeness (QED) is 0.630. The number of fused-ring (bicyclic) bond motifs is 1. The van der Waals surface area contributed by atoms with Crippen LogP contribution in [-0.2, 0) is 4.79 Å². The summed E-state index contributed by atoms with van der Waals surface area (Å²) < 4.78 is 1.66. The van der Waals surface area contributed by atoms with Crippen LogP contribution in [0.15, 0.2) is 30.5 Å². The molecule has 9 nitrogen and oxygen atoms in total. The van der Waals surface area contributed by atoms with Crippen molar-refractivity contribution >= 4 is 17.5 Å². The highest BCUT2D eigenvalue weighted by atomic mass is 16.6. The van der Waals surface area contributed by atoms with Crippen molar-refractivity contribution in [1.82, 2.24) is 14.9 Å². The molecule has 0 spiro atoms. The Hall–Kier alpha value is -3.23. The summed E-state index contributed by atoms with van der Waals surface area (Å²) in [6.07, 6.45) is 1.48. The number of amides is 2. The molecular formula is C14H13N5O4. The smallest absolute Gasteiger partial charge is 0.269 e. The average molecular weight is 315 g/mol. The fourth-order valence-electron chi connectivity index (χ4n) is 2.63. The molecule has 1 aliphatic heterocycles. The van der Waals surface area contributed by atoms with E-state index in [0.717, 1.165) is 0 Å². The number of nitrogens with two attached hydrogens (primary N) is 1. The van der Waals surface area contributed by atoms with E-state index >= 15 is 0 Å². The SMILES string of the molecule is NC(=O)CC1CNC(=O)c2cnc(-c3ccc([N+](=O)[O-])cc3)n21. The molecule has 23 heavy (non-hydrogen) atoms. The fourth-order valence-corrected chi connectivity index (χ4v) is 2.63. The molecule has 9 heteroatoms. The number of primary amides is 1. The van der Waals surface area contributed by atoms with Gasteiger partial charge in [-0.2, -0.15) is 0 Å². The fraction of sp³-hybridized carbons (Fsp3) is 0.214. The highest BCUT2D eigenvalue weighted by Crippen LogP contribution is 2.28. The number of carbonyl (C=O) groups is 2. The normalized spacial score (nSPS) is 16.5. The van der Waals surface area contributed by atoms with Gasteiger partial charge in [0.25, 0.3) is 11.6 Å². The van der Waals surface area contributed by atoms with Gasteiger partial charge in [-0.25, -0.2) is 4.98 Å². The number of non-ortho nitro benzene ring substituents is 1. The predicted octanol–water partition coefficient (Wildman–Crippen LogP) is 0.618. The van der Waals surface area contributed by atoms with Crippen LogP contribution in [0, 0.1) is 10.1 Å². The molecule has 2 aromatic rings. The minimum absolute atomic E-state index is 0.0365.